The minimum Gasteiger partial charge on any atom is -0.480 e. The number of aromatic amines is 1. The first-order valence-corrected chi connectivity index (χ1v) is 6.52. The number of nitrogens with zero attached hydrogens (tertiary/aromatic N) is 2. The number of nitrogens with one attached hydrogen (secondary N) is 1. The van der Waals surface area contributed by atoms with E-state index in [1.807, 2.05) is 18.2 Å². The number of rotatable bonds is 2. The van der Waals surface area contributed by atoms with Crippen LogP contribution in [-0.2, 0) is 4.79 Å². The Labute approximate surface area is 115 Å². The molecule has 3 rings (SSSR count). The number of hydrogen-bond acceptors (Lipinski definition) is 3. The van der Waals surface area contributed by atoms with E-state index in [1.165, 1.54) is 4.90 Å². The van der Waals surface area contributed by atoms with Crippen LogP contribution in [0.25, 0.3) is 10.9 Å². The third-order valence-corrected chi connectivity index (χ3v) is 4.02. The van der Waals surface area contributed by atoms with Gasteiger partial charge in [0.2, 0.25) is 0 Å². The summed E-state index contributed by atoms with van der Waals surface area (Å²) < 4.78 is 0. The van der Waals surface area contributed by atoms with Gasteiger partial charge in [0.15, 0.2) is 5.69 Å². The molecule has 2 N–H and O–H groups in total. The number of carbonyl (C=O) groups is 2. The number of H-pyrrole nitrogens is 1. The number of carboxylic acid groups (broad SMARTS) is 1. The molecular formula is C14H15N3O3. The smallest absolute Gasteiger partial charge is 0.329 e. The van der Waals surface area contributed by atoms with E-state index in [1.54, 1.807) is 13.0 Å². The third kappa shape index (κ3) is 1.68. The molecule has 20 heavy (non-hydrogen) atoms. The zero-order valence-electron chi connectivity index (χ0n) is 11.1. The highest BCUT2D eigenvalue weighted by molar-refractivity contribution is 6.06. The van der Waals surface area contributed by atoms with Crippen molar-refractivity contribution < 1.29 is 14.7 Å². The van der Waals surface area contributed by atoms with E-state index in [0.717, 1.165) is 10.9 Å². The average Bonchev–Trinajstić information content (AvgIpc) is 3.02. The third-order valence-electron chi connectivity index (χ3n) is 4.02. The topological polar surface area (TPSA) is 86.3 Å². The fourth-order valence-electron chi connectivity index (χ4n) is 2.77. The van der Waals surface area contributed by atoms with Gasteiger partial charge in [0, 0.05) is 11.9 Å². The van der Waals surface area contributed by atoms with E-state index in [9.17, 15) is 14.7 Å². The minimum absolute atomic E-state index is 0.287. The second-order valence-electron chi connectivity index (χ2n) is 5.26. The maximum atomic E-state index is 12.6. The molecule has 1 atom stereocenters. The van der Waals surface area contributed by atoms with Crippen molar-refractivity contribution in [3.05, 3.63) is 30.0 Å². The number of hydrogen-bond donors (Lipinski definition) is 2. The van der Waals surface area contributed by atoms with Crippen molar-refractivity contribution in [2.24, 2.45) is 0 Å². The summed E-state index contributed by atoms with van der Waals surface area (Å²) in [5, 5.41) is 17.0. The normalized spacial score (nSPS) is 22.4. The average molecular weight is 273 g/mol. The van der Waals surface area contributed by atoms with E-state index in [4.69, 9.17) is 0 Å². The van der Waals surface area contributed by atoms with Gasteiger partial charge in [-0.1, -0.05) is 18.2 Å². The van der Waals surface area contributed by atoms with Crippen molar-refractivity contribution in [3.8, 4) is 0 Å². The zero-order valence-corrected chi connectivity index (χ0v) is 11.1. The van der Waals surface area contributed by atoms with Gasteiger partial charge in [0.25, 0.3) is 5.91 Å². The Morgan fingerprint density at radius 1 is 1.40 bits per heavy atom. The standard InChI is InChI=1S/C14H15N3O3/c1-14(13(19)20)7-4-8-17(14)12(18)11-9-5-2-3-6-10(9)15-16-11/h2-3,5-6H,4,7-8H2,1H3,(H,15,16)(H,19,20)/t14-/m0/s1. The van der Waals surface area contributed by atoms with Crippen LogP contribution in [0, 0.1) is 0 Å². The number of aliphatic carboxylic acids is 1. The maximum Gasteiger partial charge on any atom is 0.329 e. The minimum atomic E-state index is -1.14. The highest BCUT2D eigenvalue weighted by Gasteiger charge is 2.46. The molecule has 1 amide bonds. The number of likely N-dealkylation sites (tertiary alicyclic amines) is 1. The summed E-state index contributed by atoms with van der Waals surface area (Å²) in [4.78, 5) is 25.5. The summed E-state index contributed by atoms with van der Waals surface area (Å²) in [7, 11) is 0. The first-order chi connectivity index (χ1) is 9.54. The van der Waals surface area contributed by atoms with Gasteiger partial charge in [0.1, 0.15) is 5.54 Å². The van der Waals surface area contributed by atoms with Crippen LogP contribution in [0.15, 0.2) is 24.3 Å². The quantitative estimate of drug-likeness (QED) is 0.871. The lowest BCUT2D eigenvalue weighted by atomic mass is 9.99. The van der Waals surface area contributed by atoms with E-state index >= 15 is 0 Å². The van der Waals surface area contributed by atoms with Crippen molar-refractivity contribution in [2.45, 2.75) is 25.3 Å². The first-order valence-electron chi connectivity index (χ1n) is 6.52. The molecule has 1 aromatic heterocycles. The fourth-order valence-corrected chi connectivity index (χ4v) is 2.77. The van der Waals surface area contributed by atoms with Gasteiger partial charge in [0.05, 0.1) is 5.52 Å². The predicted octanol–water partition coefficient (Wildman–Crippen LogP) is 1.64. The molecule has 1 saturated heterocycles. The van der Waals surface area contributed by atoms with E-state index in [0.29, 0.717) is 19.4 Å². The molecule has 2 heterocycles. The lowest BCUT2D eigenvalue weighted by molar-refractivity contribution is -0.147. The molecule has 1 fully saturated rings. The molecule has 6 heteroatoms. The van der Waals surface area contributed by atoms with Crippen molar-refractivity contribution >= 4 is 22.8 Å². The Morgan fingerprint density at radius 2 is 2.15 bits per heavy atom. The van der Waals surface area contributed by atoms with Gasteiger partial charge < -0.3 is 10.0 Å². The van der Waals surface area contributed by atoms with Crippen molar-refractivity contribution in [3.63, 3.8) is 0 Å². The lowest BCUT2D eigenvalue weighted by Crippen LogP contribution is -2.50. The van der Waals surface area contributed by atoms with Crippen LogP contribution in [0.2, 0.25) is 0 Å². The number of benzene rings is 1. The predicted molar refractivity (Wildman–Crippen MR) is 72.4 cm³/mol. The van der Waals surface area contributed by atoms with Gasteiger partial charge in [-0.2, -0.15) is 5.10 Å². The van der Waals surface area contributed by atoms with Gasteiger partial charge >= 0.3 is 5.97 Å². The van der Waals surface area contributed by atoms with Crippen LogP contribution in [-0.4, -0.2) is 44.2 Å². The summed E-state index contributed by atoms with van der Waals surface area (Å²) in [5.74, 6) is -1.30. The molecular weight excluding hydrogens is 258 g/mol. The highest BCUT2D eigenvalue weighted by Crippen LogP contribution is 2.31. The summed E-state index contributed by atoms with van der Waals surface area (Å²) in [5.41, 5.74) is -0.0843. The number of amides is 1. The summed E-state index contributed by atoms with van der Waals surface area (Å²) >= 11 is 0. The number of para-hydroxylation sites is 1. The SMILES string of the molecule is C[C@@]1(C(=O)O)CCCN1C(=O)c1n[nH]c2ccccc12. The number of aromatic nitrogens is 2. The molecule has 0 aliphatic carbocycles. The molecule has 0 radical (unpaired) electrons. The summed E-state index contributed by atoms with van der Waals surface area (Å²) in [6, 6.07) is 7.32. The Bertz CT molecular complexity index is 694. The number of fused-ring (bicyclic) bond motifs is 1. The molecule has 0 unspecified atom stereocenters. The van der Waals surface area contributed by atoms with Crippen molar-refractivity contribution in [1.29, 1.82) is 0 Å². The second-order valence-corrected chi connectivity index (χ2v) is 5.26. The van der Waals surface area contributed by atoms with Crippen LogP contribution in [0.3, 0.4) is 0 Å². The molecule has 1 aliphatic rings. The summed E-state index contributed by atoms with van der Waals surface area (Å²) in [6.45, 7) is 2.04. The van der Waals surface area contributed by atoms with E-state index in [2.05, 4.69) is 10.2 Å². The lowest BCUT2D eigenvalue weighted by Gasteiger charge is -2.30. The van der Waals surface area contributed by atoms with Crippen LogP contribution >= 0.6 is 0 Å². The van der Waals surface area contributed by atoms with Crippen LogP contribution in [0.4, 0.5) is 0 Å². The monoisotopic (exact) mass is 273 g/mol. The molecule has 2 aromatic rings. The molecule has 0 bridgehead atoms. The Kier molecular flexibility index (Phi) is 2.74. The molecule has 1 aliphatic heterocycles. The van der Waals surface area contributed by atoms with Gasteiger partial charge in [-0.15, -0.1) is 0 Å². The van der Waals surface area contributed by atoms with Crippen LogP contribution in [0.5, 0.6) is 0 Å². The number of carboxylic acids is 1. The van der Waals surface area contributed by atoms with Crippen LogP contribution < -0.4 is 0 Å². The molecule has 0 spiro atoms. The van der Waals surface area contributed by atoms with Gasteiger partial charge in [-0.25, -0.2) is 4.79 Å². The molecule has 1 aromatic carbocycles. The Balaban J connectivity index is 2.02. The molecule has 0 saturated carbocycles. The Morgan fingerprint density at radius 3 is 2.90 bits per heavy atom. The molecule has 104 valence electrons. The van der Waals surface area contributed by atoms with Gasteiger partial charge in [-0.3, -0.25) is 9.89 Å². The van der Waals surface area contributed by atoms with Crippen LogP contribution in [0.1, 0.15) is 30.3 Å². The van der Waals surface area contributed by atoms with E-state index < -0.39 is 11.5 Å². The summed E-state index contributed by atoms with van der Waals surface area (Å²) in [6.07, 6.45) is 1.16. The maximum absolute atomic E-state index is 12.6. The number of carbonyl (C=O) groups excluding carboxylic acids is 1. The highest BCUT2D eigenvalue weighted by atomic mass is 16.4. The largest absolute Gasteiger partial charge is 0.480 e. The Hall–Kier alpha value is -2.37. The van der Waals surface area contributed by atoms with Crippen molar-refractivity contribution in [2.75, 3.05) is 6.54 Å². The second kappa shape index (κ2) is 4.33. The zero-order chi connectivity index (χ0) is 14.3. The van der Waals surface area contributed by atoms with Crippen molar-refractivity contribution in [1.82, 2.24) is 15.1 Å². The fraction of sp³-hybridized carbons (Fsp3) is 0.357. The van der Waals surface area contributed by atoms with E-state index in [-0.39, 0.29) is 11.6 Å². The molecule has 6 nitrogen and oxygen atoms in total. The first kappa shape index (κ1) is 12.7. The van der Waals surface area contributed by atoms with Gasteiger partial charge in [-0.05, 0) is 25.8 Å².